The summed E-state index contributed by atoms with van der Waals surface area (Å²) in [5.41, 5.74) is 2.33. The fourth-order valence-corrected chi connectivity index (χ4v) is 1.59. The zero-order valence-electron chi connectivity index (χ0n) is 7.87. The Morgan fingerprint density at radius 2 is 2.21 bits per heavy atom. The summed E-state index contributed by atoms with van der Waals surface area (Å²) in [7, 11) is 0. The predicted octanol–water partition coefficient (Wildman–Crippen LogP) is 0.952. The fraction of sp³-hybridized carbons (Fsp3) is 0.300. The van der Waals surface area contributed by atoms with Gasteiger partial charge in [-0.2, -0.15) is 0 Å². The molecule has 1 aromatic carbocycles. The van der Waals surface area contributed by atoms with Gasteiger partial charge in [0.05, 0.1) is 11.0 Å². The average molecular weight is 192 g/mol. The van der Waals surface area contributed by atoms with Crippen LogP contribution in [0.25, 0.3) is 11.0 Å². The summed E-state index contributed by atoms with van der Waals surface area (Å²) < 4.78 is 0. The molecular weight excluding hydrogens is 180 g/mol. The molecule has 0 spiro atoms. The highest BCUT2D eigenvalue weighted by Gasteiger charge is 2.09. The van der Waals surface area contributed by atoms with Crippen LogP contribution in [0.4, 0.5) is 0 Å². The number of rotatable bonds is 2. The molecule has 0 fully saturated rings. The number of aliphatic hydroxyl groups is 1. The van der Waals surface area contributed by atoms with E-state index in [1.165, 1.54) is 0 Å². The number of aromatic amines is 2. The molecule has 3 N–H and O–H groups in total. The maximum absolute atomic E-state index is 11.1. The zero-order chi connectivity index (χ0) is 10.1. The minimum atomic E-state index is -0.211. The molecule has 0 aliphatic carbocycles. The van der Waals surface area contributed by atoms with Gasteiger partial charge in [-0.05, 0) is 11.6 Å². The van der Waals surface area contributed by atoms with Gasteiger partial charge in [0.2, 0.25) is 0 Å². The molecule has 4 heteroatoms. The first-order valence-electron chi connectivity index (χ1n) is 4.54. The van der Waals surface area contributed by atoms with Crippen LogP contribution >= 0.6 is 0 Å². The van der Waals surface area contributed by atoms with E-state index in [0.717, 1.165) is 16.6 Å². The van der Waals surface area contributed by atoms with Crippen molar-refractivity contribution in [2.24, 2.45) is 0 Å². The molecule has 1 atom stereocenters. The Morgan fingerprint density at radius 1 is 1.43 bits per heavy atom. The Balaban J connectivity index is 2.70. The highest BCUT2D eigenvalue weighted by molar-refractivity contribution is 5.78. The van der Waals surface area contributed by atoms with Crippen molar-refractivity contribution in [3.8, 4) is 0 Å². The average Bonchev–Trinajstić information content (AvgIpc) is 2.56. The fourth-order valence-electron chi connectivity index (χ4n) is 1.59. The third kappa shape index (κ3) is 1.33. The summed E-state index contributed by atoms with van der Waals surface area (Å²) >= 11 is 0. The molecule has 2 rings (SSSR count). The number of hydrogen-bond acceptors (Lipinski definition) is 2. The molecule has 0 amide bonds. The monoisotopic (exact) mass is 192 g/mol. The number of nitrogens with one attached hydrogen (secondary N) is 2. The van der Waals surface area contributed by atoms with E-state index in [1.807, 2.05) is 25.1 Å². The van der Waals surface area contributed by atoms with Crippen molar-refractivity contribution in [1.82, 2.24) is 9.97 Å². The van der Waals surface area contributed by atoms with Crippen molar-refractivity contribution in [1.29, 1.82) is 0 Å². The van der Waals surface area contributed by atoms with E-state index in [-0.39, 0.29) is 18.2 Å². The van der Waals surface area contributed by atoms with Crippen LogP contribution in [0, 0.1) is 0 Å². The topological polar surface area (TPSA) is 68.9 Å². The highest BCUT2D eigenvalue weighted by atomic mass is 16.3. The molecule has 0 radical (unpaired) electrons. The zero-order valence-corrected chi connectivity index (χ0v) is 7.87. The van der Waals surface area contributed by atoms with Gasteiger partial charge in [0.15, 0.2) is 0 Å². The normalized spacial score (nSPS) is 13.3. The quantitative estimate of drug-likeness (QED) is 0.663. The van der Waals surface area contributed by atoms with Gasteiger partial charge in [0.1, 0.15) is 0 Å². The third-order valence-electron chi connectivity index (χ3n) is 2.39. The van der Waals surface area contributed by atoms with Crippen LogP contribution < -0.4 is 5.69 Å². The Bertz CT molecular complexity index is 498. The number of H-pyrrole nitrogens is 2. The van der Waals surface area contributed by atoms with Crippen LogP contribution in [0.15, 0.2) is 23.0 Å². The molecule has 0 aliphatic rings. The Labute approximate surface area is 80.6 Å². The Morgan fingerprint density at radius 3 is 2.93 bits per heavy atom. The van der Waals surface area contributed by atoms with Crippen molar-refractivity contribution in [3.63, 3.8) is 0 Å². The maximum Gasteiger partial charge on any atom is 0.323 e. The summed E-state index contributed by atoms with van der Waals surface area (Å²) in [6.45, 7) is 1.99. The lowest BCUT2D eigenvalue weighted by Crippen LogP contribution is -2.02. The van der Waals surface area contributed by atoms with Crippen LogP contribution in [-0.2, 0) is 0 Å². The molecule has 2 aromatic rings. The van der Waals surface area contributed by atoms with Gasteiger partial charge in [-0.1, -0.05) is 19.1 Å². The van der Waals surface area contributed by atoms with Gasteiger partial charge in [0.25, 0.3) is 0 Å². The number of aromatic nitrogens is 2. The lowest BCUT2D eigenvalue weighted by Gasteiger charge is -2.08. The Hall–Kier alpha value is -1.55. The Kier molecular flexibility index (Phi) is 2.13. The van der Waals surface area contributed by atoms with Crippen LogP contribution in [0.3, 0.4) is 0 Å². The maximum atomic E-state index is 11.1. The molecule has 14 heavy (non-hydrogen) atoms. The summed E-state index contributed by atoms with van der Waals surface area (Å²) in [6, 6.07) is 5.61. The number of aliphatic hydroxyl groups excluding tert-OH is 1. The second kappa shape index (κ2) is 3.31. The number of hydrogen-bond donors (Lipinski definition) is 3. The second-order valence-corrected chi connectivity index (χ2v) is 3.43. The van der Waals surface area contributed by atoms with E-state index in [1.54, 1.807) is 0 Å². The van der Waals surface area contributed by atoms with Crippen molar-refractivity contribution in [2.75, 3.05) is 6.61 Å². The van der Waals surface area contributed by atoms with Crippen LogP contribution in [0.5, 0.6) is 0 Å². The highest BCUT2D eigenvalue weighted by Crippen LogP contribution is 2.21. The smallest absolute Gasteiger partial charge is 0.323 e. The molecule has 0 saturated heterocycles. The number of fused-ring (bicyclic) bond motifs is 1. The molecule has 1 unspecified atom stereocenters. The minimum Gasteiger partial charge on any atom is -0.396 e. The first kappa shape index (κ1) is 9.02. The molecule has 0 bridgehead atoms. The van der Waals surface area contributed by atoms with E-state index in [9.17, 15) is 4.79 Å². The van der Waals surface area contributed by atoms with Gasteiger partial charge in [-0.3, -0.25) is 0 Å². The summed E-state index contributed by atoms with van der Waals surface area (Å²) in [5, 5.41) is 9.05. The lowest BCUT2D eigenvalue weighted by atomic mass is 10.0. The number of benzene rings is 1. The third-order valence-corrected chi connectivity index (χ3v) is 2.39. The van der Waals surface area contributed by atoms with Crippen LogP contribution in [0.2, 0.25) is 0 Å². The van der Waals surface area contributed by atoms with Gasteiger partial charge >= 0.3 is 5.69 Å². The van der Waals surface area contributed by atoms with E-state index in [4.69, 9.17) is 5.11 Å². The minimum absolute atomic E-state index is 0.0325. The van der Waals surface area contributed by atoms with Crippen LogP contribution in [-0.4, -0.2) is 21.7 Å². The van der Waals surface area contributed by atoms with Crippen molar-refractivity contribution in [2.45, 2.75) is 12.8 Å². The summed E-state index contributed by atoms with van der Waals surface area (Å²) in [5.74, 6) is 0.0325. The van der Waals surface area contributed by atoms with E-state index < -0.39 is 0 Å². The molecule has 0 saturated carbocycles. The standard InChI is InChI=1S/C10H12N2O2/c1-6(5-13)7-3-2-4-8-9(7)12-10(14)11-8/h2-4,6,13H,5H2,1H3,(H2,11,12,14). The van der Waals surface area contributed by atoms with E-state index in [2.05, 4.69) is 9.97 Å². The summed E-state index contributed by atoms with van der Waals surface area (Å²) in [4.78, 5) is 16.5. The first-order valence-corrected chi connectivity index (χ1v) is 4.54. The van der Waals surface area contributed by atoms with Crippen molar-refractivity contribution in [3.05, 3.63) is 34.2 Å². The largest absolute Gasteiger partial charge is 0.396 e. The SMILES string of the molecule is CC(CO)c1cccc2[nH]c(=O)[nH]c12. The summed E-state index contributed by atoms with van der Waals surface area (Å²) in [6.07, 6.45) is 0. The number of imidazole rings is 1. The van der Waals surface area contributed by atoms with Crippen molar-refractivity contribution < 1.29 is 5.11 Å². The van der Waals surface area contributed by atoms with Crippen LogP contribution in [0.1, 0.15) is 18.4 Å². The van der Waals surface area contributed by atoms with Gasteiger partial charge in [0, 0.05) is 12.5 Å². The number of para-hydroxylation sites is 1. The van der Waals surface area contributed by atoms with E-state index >= 15 is 0 Å². The van der Waals surface area contributed by atoms with Gasteiger partial charge < -0.3 is 15.1 Å². The lowest BCUT2D eigenvalue weighted by molar-refractivity contribution is 0.273. The molecule has 1 aromatic heterocycles. The van der Waals surface area contributed by atoms with Crippen molar-refractivity contribution >= 4 is 11.0 Å². The molecule has 1 heterocycles. The predicted molar refractivity (Wildman–Crippen MR) is 54.4 cm³/mol. The molecule has 0 aliphatic heterocycles. The first-order chi connectivity index (χ1) is 6.72. The molecule has 4 nitrogen and oxygen atoms in total. The van der Waals surface area contributed by atoms with Gasteiger partial charge in [-0.15, -0.1) is 0 Å². The van der Waals surface area contributed by atoms with Gasteiger partial charge in [-0.25, -0.2) is 4.79 Å². The van der Waals surface area contributed by atoms with E-state index in [0.29, 0.717) is 0 Å². The molecule has 74 valence electrons. The second-order valence-electron chi connectivity index (χ2n) is 3.43. The molecular formula is C10H12N2O2.